The lowest BCUT2D eigenvalue weighted by atomic mass is 9.99. The van der Waals surface area contributed by atoms with Gasteiger partial charge in [0.05, 0.1) is 25.9 Å². The summed E-state index contributed by atoms with van der Waals surface area (Å²) in [6.45, 7) is 4.26. The summed E-state index contributed by atoms with van der Waals surface area (Å²) in [7, 11) is 1.75. The Bertz CT molecular complexity index is 442. The van der Waals surface area contributed by atoms with E-state index in [0.717, 1.165) is 25.3 Å². The third kappa shape index (κ3) is 5.86. The second-order valence-electron chi connectivity index (χ2n) is 5.98. The highest BCUT2D eigenvalue weighted by Gasteiger charge is 2.21. The predicted octanol–water partition coefficient (Wildman–Crippen LogP) is 2.58. The standard InChI is InChI=1S/C17H26ClNO3/c1-21-11-14-5-4-8-19(9-14)10-16(20)13-22-12-15-6-2-3-7-17(15)18/h2-3,6-7,14,16,20H,4-5,8-13H2,1H3. The SMILES string of the molecule is COCC1CCCN(CC(O)COCc2ccccc2Cl)C1. The molecule has 0 saturated carbocycles. The molecule has 0 bridgehead atoms. The van der Waals surface area contributed by atoms with E-state index in [1.54, 1.807) is 7.11 Å². The average molecular weight is 328 g/mol. The fourth-order valence-corrected chi connectivity index (χ4v) is 3.15. The maximum absolute atomic E-state index is 10.1. The minimum absolute atomic E-state index is 0.330. The Morgan fingerprint density at radius 2 is 2.23 bits per heavy atom. The zero-order valence-electron chi connectivity index (χ0n) is 13.2. The number of methoxy groups -OCH3 is 1. The summed E-state index contributed by atoms with van der Waals surface area (Å²) >= 11 is 6.08. The maximum atomic E-state index is 10.1. The third-order valence-electron chi connectivity index (χ3n) is 4.00. The molecular weight excluding hydrogens is 302 g/mol. The fourth-order valence-electron chi connectivity index (χ4n) is 2.96. The largest absolute Gasteiger partial charge is 0.389 e. The van der Waals surface area contributed by atoms with Crippen molar-refractivity contribution in [3.63, 3.8) is 0 Å². The third-order valence-corrected chi connectivity index (χ3v) is 4.37. The molecule has 4 nitrogen and oxygen atoms in total. The first kappa shape index (κ1) is 17.7. The van der Waals surface area contributed by atoms with Crippen molar-refractivity contribution in [1.82, 2.24) is 4.90 Å². The molecule has 1 aliphatic rings. The molecule has 22 heavy (non-hydrogen) atoms. The van der Waals surface area contributed by atoms with Gasteiger partial charge in [-0.05, 0) is 36.9 Å². The normalized spacial score (nSPS) is 21.0. The number of likely N-dealkylation sites (tertiary alicyclic amines) is 1. The lowest BCUT2D eigenvalue weighted by Crippen LogP contribution is -2.42. The molecule has 0 radical (unpaired) electrons. The zero-order chi connectivity index (χ0) is 15.8. The number of aliphatic hydroxyl groups is 1. The van der Waals surface area contributed by atoms with Crippen LogP contribution in [-0.4, -0.2) is 56.1 Å². The van der Waals surface area contributed by atoms with Crippen LogP contribution in [0.15, 0.2) is 24.3 Å². The molecule has 0 spiro atoms. The van der Waals surface area contributed by atoms with Crippen LogP contribution in [0.25, 0.3) is 0 Å². The summed E-state index contributed by atoms with van der Waals surface area (Å²) in [6.07, 6.45) is 1.91. The van der Waals surface area contributed by atoms with E-state index in [1.807, 2.05) is 24.3 Å². The molecule has 0 aromatic heterocycles. The van der Waals surface area contributed by atoms with E-state index >= 15 is 0 Å². The number of benzene rings is 1. The zero-order valence-corrected chi connectivity index (χ0v) is 14.0. The van der Waals surface area contributed by atoms with Crippen molar-refractivity contribution in [1.29, 1.82) is 0 Å². The fraction of sp³-hybridized carbons (Fsp3) is 0.647. The summed E-state index contributed by atoms with van der Waals surface area (Å²) in [6, 6.07) is 7.62. The number of piperidine rings is 1. The smallest absolute Gasteiger partial charge is 0.0900 e. The van der Waals surface area contributed by atoms with E-state index in [4.69, 9.17) is 21.1 Å². The van der Waals surface area contributed by atoms with Gasteiger partial charge in [0.15, 0.2) is 0 Å². The van der Waals surface area contributed by atoms with E-state index in [2.05, 4.69) is 4.90 Å². The van der Waals surface area contributed by atoms with E-state index < -0.39 is 6.10 Å². The Morgan fingerprint density at radius 3 is 3.00 bits per heavy atom. The minimum Gasteiger partial charge on any atom is -0.389 e. The average Bonchev–Trinajstić information content (AvgIpc) is 2.50. The van der Waals surface area contributed by atoms with Crippen LogP contribution in [0.3, 0.4) is 0 Å². The Kier molecular flexibility index (Phi) is 7.63. The summed E-state index contributed by atoms with van der Waals surface area (Å²) in [5.74, 6) is 0.579. The molecule has 1 fully saturated rings. The Labute approximate surface area is 138 Å². The van der Waals surface area contributed by atoms with Gasteiger partial charge in [-0.2, -0.15) is 0 Å². The summed E-state index contributed by atoms with van der Waals surface area (Å²) in [4.78, 5) is 2.30. The van der Waals surface area contributed by atoms with E-state index in [1.165, 1.54) is 12.8 Å². The van der Waals surface area contributed by atoms with Crippen molar-refractivity contribution in [2.24, 2.45) is 5.92 Å². The van der Waals surface area contributed by atoms with Gasteiger partial charge in [0.2, 0.25) is 0 Å². The molecule has 2 unspecified atom stereocenters. The van der Waals surface area contributed by atoms with Crippen LogP contribution in [-0.2, 0) is 16.1 Å². The lowest BCUT2D eigenvalue weighted by molar-refractivity contribution is -0.00157. The molecule has 2 atom stereocenters. The molecule has 0 amide bonds. The molecular formula is C17H26ClNO3. The molecule has 1 aromatic rings. The van der Waals surface area contributed by atoms with Crippen LogP contribution in [0.2, 0.25) is 5.02 Å². The molecule has 0 aliphatic carbocycles. The molecule has 1 saturated heterocycles. The number of β-amino-alcohol motifs (C(OH)–C–C–N with tert-alkyl or cyclic N) is 1. The Hall–Kier alpha value is -0.650. The second kappa shape index (κ2) is 9.48. The van der Waals surface area contributed by atoms with Crippen molar-refractivity contribution in [2.45, 2.75) is 25.6 Å². The molecule has 2 rings (SSSR count). The molecule has 1 heterocycles. The molecule has 5 heteroatoms. The molecule has 1 aromatic carbocycles. The van der Waals surface area contributed by atoms with Gasteiger partial charge in [-0.1, -0.05) is 29.8 Å². The van der Waals surface area contributed by atoms with Crippen LogP contribution in [0.5, 0.6) is 0 Å². The number of halogens is 1. The topological polar surface area (TPSA) is 41.9 Å². The Morgan fingerprint density at radius 1 is 1.41 bits per heavy atom. The van der Waals surface area contributed by atoms with Crippen LogP contribution in [0, 0.1) is 5.92 Å². The number of hydrogen-bond acceptors (Lipinski definition) is 4. The second-order valence-corrected chi connectivity index (χ2v) is 6.39. The van der Waals surface area contributed by atoms with Gasteiger partial charge < -0.3 is 19.5 Å². The number of nitrogens with zero attached hydrogens (tertiary/aromatic N) is 1. The Balaban J connectivity index is 1.67. The van der Waals surface area contributed by atoms with Gasteiger partial charge in [-0.3, -0.25) is 0 Å². The van der Waals surface area contributed by atoms with Crippen molar-refractivity contribution < 1.29 is 14.6 Å². The van der Waals surface area contributed by atoms with Crippen LogP contribution >= 0.6 is 11.6 Å². The highest BCUT2D eigenvalue weighted by Crippen LogP contribution is 2.18. The first-order valence-corrected chi connectivity index (χ1v) is 8.27. The van der Waals surface area contributed by atoms with Gasteiger partial charge in [0.25, 0.3) is 0 Å². The minimum atomic E-state index is -0.469. The number of ether oxygens (including phenoxy) is 2. The van der Waals surface area contributed by atoms with E-state index in [0.29, 0.717) is 30.7 Å². The lowest BCUT2D eigenvalue weighted by Gasteiger charge is -2.33. The summed E-state index contributed by atoms with van der Waals surface area (Å²) < 4.78 is 10.8. The highest BCUT2D eigenvalue weighted by molar-refractivity contribution is 6.31. The van der Waals surface area contributed by atoms with E-state index in [-0.39, 0.29) is 0 Å². The quantitative estimate of drug-likeness (QED) is 0.797. The van der Waals surface area contributed by atoms with Crippen molar-refractivity contribution in [3.8, 4) is 0 Å². The number of aliphatic hydroxyl groups excluding tert-OH is 1. The van der Waals surface area contributed by atoms with Crippen molar-refractivity contribution >= 4 is 11.6 Å². The molecule has 1 aliphatic heterocycles. The van der Waals surface area contributed by atoms with Gasteiger partial charge in [0, 0.05) is 25.2 Å². The van der Waals surface area contributed by atoms with Gasteiger partial charge >= 0.3 is 0 Å². The molecule has 1 N–H and O–H groups in total. The first-order chi connectivity index (χ1) is 10.7. The maximum Gasteiger partial charge on any atom is 0.0900 e. The predicted molar refractivity (Wildman–Crippen MR) is 88.2 cm³/mol. The summed E-state index contributed by atoms with van der Waals surface area (Å²) in [5.41, 5.74) is 0.953. The number of hydrogen-bond donors (Lipinski definition) is 1. The van der Waals surface area contributed by atoms with Gasteiger partial charge in [0.1, 0.15) is 0 Å². The molecule has 124 valence electrons. The van der Waals surface area contributed by atoms with Crippen molar-refractivity contribution in [3.05, 3.63) is 34.9 Å². The first-order valence-electron chi connectivity index (χ1n) is 7.89. The highest BCUT2D eigenvalue weighted by atomic mass is 35.5. The number of rotatable bonds is 8. The monoisotopic (exact) mass is 327 g/mol. The van der Waals surface area contributed by atoms with Crippen LogP contribution < -0.4 is 0 Å². The van der Waals surface area contributed by atoms with Crippen LogP contribution in [0.4, 0.5) is 0 Å². The van der Waals surface area contributed by atoms with Crippen molar-refractivity contribution in [2.75, 3.05) is 40.0 Å². The van der Waals surface area contributed by atoms with E-state index in [9.17, 15) is 5.11 Å². The summed E-state index contributed by atoms with van der Waals surface area (Å²) in [5, 5.41) is 10.8. The van der Waals surface area contributed by atoms with Crippen LogP contribution in [0.1, 0.15) is 18.4 Å². The van der Waals surface area contributed by atoms with Gasteiger partial charge in [-0.15, -0.1) is 0 Å². The van der Waals surface area contributed by atoms with Gasteiger partial charge in [-0.25, -0.2) is 0 Å².